The van der Waals surface area contributed by atoms with Crippen LogP contribution in [0.4, 0.5) is 11.4 Å². The molecule has 1 heterocycles. The zero-order valence-corrected chi connectivity index (χ0v) is 16.8. The fourth-order valence-corrected chi connectivity index (χ4v) is 4.17. The lowest BCUT2D eigenvalue weighted by Gasteiger charge is -2.14. The van der Waals surface area contributed by atoms with E-state index in [-0.39, 0.29) is 18.2 Å². The molecule has 6 heteroatoms. The van der Waals surface area contributed by atoms with Gasteiger partial charge in [0, 0.05) is 18.7 Å². The van der Waals surface area contributed by atoms with Gasteiger partial charge in [-0.25, -0.2) is 4.99 Å². The van der Waals surface area contributed by atoms with Gasteiger partial charge in [0.1, 0.15) is 5.25 Å². The first-order valence-electron chi connectivity index (χ1n) is 9.08. The van der Waals surface area contributed by atoms with Gasteiger partial charge in [0.15, 0.2) is 5.17 Å². The Balaban J connectivity index is 1.75. The Morgan fingerprint density at radius 2 is 1.86 bits per heavy atom. The Bertz CT molecular complexity index is 904. The number of rotatable bonds is 6. The van der Waals surface area contributed by atoms with Crippen LogP contribution >= 0.6 is 11.8 Å². The van der Waals surface area contributed by atoms with Gasteiger partial charge < -0.3 is 5.32 Å². The van der Waals surface area contributed by atoms with Crippen molar-refractivity contribution in [2.45, 2.75) is 25.5 Å². The first kappa shape index (κ1) is 19.9. The summed E-state index contributed by atoms with van der Waals surface area (Å²) < 4.78 is 0. The quantitative estimate of drug-likeness (QED) is 0.738. The Morgan fingerprint density at radius 3 is 2.50 bits per heavy atom. The Labute approximate surface area is 169 Å². The summed E-state index contributed by atoms with van der Waals surface area (Å²) in [6, 6.07) is 15.3. The highest BCUT2D eigenvalue weighted by molar-refractivity contribution is 8.15. The topological polar surface area (TPSA) is 61.8 Å². The number of amides is 2. The highest BCUT2D eigenvalue weighted by Crippen LogP contribution is 2.32. The fraction of sp³-hybridized carbons (Fsp3) is 0.227. The maximum absolute atomic E-state index is 12.8. The van der Waals surface area contributed by atoms with E-state index in [1.165, 1.54) is 11.8 Å². The van der Waals surface area contributed by atoms with Gasteiger partial charge in [-0.3, -0.25) is 14.5 Å². The predicted octanol–water partition coefficient (Wildman–Crippen LogP) is 4.45. The molecular weight excluding hydrogens is 370 g/mol. The SMILES string of the molecule is C=CCN1C(=O)C(CC(=O)Nc2c(C)cccc2C)SC1=Nc1ccccc1. The lowest BCUT2D eigenvalue weighted by Crippen LogP contribution is -2.33. The van der Waals surface area contributed by atoms with Crippen LogP contribution in [0.25, 0.3) is 0 Å². The van der Waals surface area contributed by atoms with Crippen molar-refractivity contribution in [2.75, 3.05) is 11.9 Å². The lowest BCUT2D eigenvalue weighted by atomic mass is 10.1. The zero-order chi connectivity index (χ0) is 20.1. The van der Waals surface area contributed by atoms with Gasteiger partial charge in [0.2, 0.25) is 11.8 Å². The Hall–Kier alpha value is -2.86. The highest BCUT2D eigenvalue weighted by Gasteiger charge is 2.38. The number of thioether (sulfide) groups is 1. The van der Waals surface area contributed by atoms with E-state index < -0.39 is 5.25 Å². The molecule has 2 aromatic carbocycles. The number of carbonyl (C=O) groups is 2. The summed E-state index contributed by atoms with van der Waals surface area (Å²) in [7, 11) is 0. The summed E-state index contributed by atoms with van der Waals surface area (Å²) in [6.45, 7) is 8.00. The monoisotopic (exact) mass is 393 g/mol. The van der Waals surface area contributed by atoms with E-state index in [1.807, 2.05) is 62.4 Å². The van der Waals surface area contributed by atoms with E-state index in [1.54, 1.807) is 11.0 Å². The molecule has 0 radical (unpaired) electrons. The number of hydrogen-bond donors (Lipinski definition) is 1. The molecule has 1 aliphatic rings. The summed E-state index contributed by atoms with van der Waals surface area (Å²) in [6.07, 6.45) is 1.76. The molecule has 3 rings (SSSR count). The van der Waals surface area contributed by atoms with Crippen molar-refractivity contribution in [1.82, 2.24) is 4.90 Å². The van der Waals surface area contributed by atoms with Crippen molar-refractivity contribution in [3.63, 3.8) is 0 Å². The second-order valence-corrected chi connectivity index (χ2v) is 7.76. The highest BCUT2D eigenvalue weighted by atomic mass is 32.2. The Kier molecular flexibility index (Phi) is 6.31. The largest absolute Gasteiger partial charge is 0.326 e. The van der Waals surface area contributed by atoms with Crippen molar-refractivity contribution in [2.24, 2.45) is 4.99 Å². The number of aliphatic imine (C=N–C) groups is 1. The van der Waals surface area contributed by atoms with Crippen LogP contribution in [0.5, 0.6) is 0 Å². The van der Waals surface area contributed by atoms with Crippen molar-refractivity contribution < 1.29 is 9.59 Å². The average Bonchev–Trinajstić information content (AvgIpc) is 2.95. The van der Waals surface area contributed by atoms with E-state index in [4.69, 9.17) is 0 Å². The average molecular weight is 394 g/mol. The summed E-state index contributed by atoms with van der Waals surface area (Å²) >= 11 is 1.33. The van der Waals surface area contributed by atoms with E-state index in [2.05, 4.69) is 16.9 Å². The molecular formula is C22H23N3O2S. The third-order valence-electron chi connectivity index (χ3n) is 4.43. The van der Waals surface area contributed by atoms with Crippen LogP contribution in [0, 0.1) is 13.8 Å². The number of nitrogens with zero attached hydrogens (tertiary/aromatic N) is 2. The van der Waals surface area contributed by atoms with E-state index in [0.717, 1.165) is 22.5 Å². The molecule has 28 heavy (non-hydrogen) atoms. The number of hydrogen-bond acceptors (Lipinski definition) is 4. The minimum absolute atomic E-state index is 0.0960. The number of benzene rings is 2. The minimum Gasteiger partial charge on any atom is -0.326 e. The van der Waals surface area contributed by atoms with E-state index in [0.29, 0.717) is 11.7 Å². The van der Waals surface area contributed by atoms with Gasteiger partial charge in [0.05, 0.1) is 5.69 Å². The number of aryl methyl sites for hydroxylation is 2. The zero-order valence-electron chi connectivity index (χ0n) is 16.0. The molecule has 2 amide bonds. The standard InChI is InChI=1S/C22H23N3O2S/c1-4-13-25-21(27)18(28-22(25)23-17-11-6-5-7-12-17)14-19(26)24-20-15(2)9-8-10-16(20)3/h4-12,18H,1,13-14H2,2-3H3,(H,24,26). The van der Waals surface area contributed by atoms with Gasteiger partial charge >= 0.3 is 0 Å². The van der Waals surface area contributed by atoms with Crippen molar-refractivity contribution in [3.05, 3.63) is 72.3 Å². The van der Waals surface area contributed by atoms with Crippen LogP contribution in [-0.4, -0.2) is 33.7 Å². The number of para-hydroxylation sites is 2. The molecule has 1 fully saturated rings. The number of anilines is 1. The second kappa shape index (κ2) is 8.89. The maximum atomic E-state index is 12.8. The molecule has 1 saturated heterocycles. The number of amidine groups is 1. The summed E-state index contributed by atoms with van der Waals surface area (Å²) in [5, 5.41) is 3.06. The molecule has 2 aromatic rings. The third-order valence-corrected chi connectivity index (χ3v) is 5.60. The van der Waals surface area contributed by atoms with Crippen LogP contribution < -0.4 is 5.32 Å². The molecule has 0 bridgehead atoms. The van der Waals surface area contributed by atoms with Gasteiger partial charge in [-0.1, -0.05) is 54.2 Å². The molecule has 1 atom stereocenters. The van der Waals surface area contributed by atoms with E-state index in [9.17, 15) is 9.59 Å². The smallest absolute Gasteiger partial charge is 0.242 e. The first-order chi connectivity index (χ1) is 13.5. The summed E-state index contributed by atoms with van der Waals surface area (Å²) in [5.41, 5.74) is 3.58. The molecule has 144 valence electrons. The molecule has 0 aliphatic carbocycles. The van der Waals surface area contributed by atoms with Crippen LogP contribution in [0.15, 0.2) is 66.2 Å². The fourth-order valence-electron chi connectivity index (χ4n) is 3.01. The summed E-state index contributed by atoms with van der Waals surface area (Å²) in [4.78, 5) is 31.6. The van der Waals surface area contributed by atoms with Gasteiger partial charge in [-0.15, -0.1) is 6.58 Å². The first-order valence-corrected chi connectivity index (χ1v) is 9.96. The molecule has 1 aliphatic heterocycles. The molecule has 0 spiro atoms. The Morgan fingerprint density at radius 1 is 1.18 bits per heavy atom. The molecule has 1 N–H and O–H groups in total. The van der Waals surface area contributed by atoms with Crippen molar-refractivity contribution in [3.8, 4) is 0 Å². The molecule has 5 nitrogen and oxygen atoms in total. The maximum Gasteiger partial charge on any atom is 0.242 e. The van der Waals surface area contributed by atoms with Crippen LogP contribution in [0.1, 0.15) is 17.5 Å². The van der Waals surface area contributed by atoms with Gasteiger partial charge in [0.25, 0.3) is 0 Å². The van der Waals surface area contributed by atoms with Crippen LogP contribution in [-0.2, 0) is 9.59 Å². The molecule has 1 unspecified atom stereocenters. The van der Waals surface area contributed by atoms with Crippen LogP contribution in [0.3, 0.4) is 0 Å². The van der Waals surface area contributed by atoms with Gasteiger partial charge in [-0.05, 0) is 37.1 Å². The normalized spacial score (nSPS) is 17.8. The summed E-state index contributed by atoms with van der Waals surface area (Å²) in [5.74, 6) is -0.293. The number of nitrogens with one attached hydrogen (secondary N) is 1. The van der Waals surface area contributed by atoms with Crippen molar-refractivity contribution >= 4 is 40.1 Å². The predicted molar refractivity (Wildman–Crippen MR) is 116 cm³/mol. The van der Waals surface area contributed by atoms with Crippen molar-refractivity contribution in [1.29, 1.82) is 0 Å². The molecule has 0 saturated carbocycles. The second-order valence-electron chi connectivity index (χ2n) is 6.59. The van der Waals surface area contributed by atoms with Gasteiger partial charge in [-0.2, -0.15) is 0 Å². The molecule has 0 aromatic heterocycles. The number of carbonyl (C=O) groups excluding carboxylic acids is 2. The van der Waals surface area contributed by atoms with Crippen LogP contribution in [0.2, 0.25) is 0 Å². The van der Waals surface area contributed by atoms with E-state index >= 15 is 0 Å². The third kappa shape index (κ3) is 4.51. The minimum atomic E-state index is -0.494. The lowest BCUT2D eigenvalue weighted by molar-refractivity contribution is -0.127.